The van der Waals surface area contributed by atoms with Crippen molar-refractivity contribution in [2.75, 3.05) is 11.4 Å². The Kier molecular flexibility index (Phi) is 5.56. The van der Waals surface area contributed by atoms with Crippen LogP contribution in [0.25, 0.3) is 0 Å². The number of rotatable bonds is 5. The fourth-order valence-corrected chi connectivity index (χ4v) is 3.04. The maximum Gasteiger partial charge on any atom is 0.315 e. The molecule has 1 atom stereocenters. The van der Waals surface area contributed by atoms with E-state index in [4.69, 9.17) is 0 Å². The Labute approximate surface area is 154 Å². The summed E-state index contributed by atoms with van der Waals surface area (Å²) in [5.74, 6) is 0.0176. The highest BCUT2D eigenvalue weighted by molar-refractivity contribution is 6.07. The highest BCUT2D eigenvalue weighted by Crippen LogP contribution is 2.30. The Morgan fingerprint density at radius 3 is 2.65 bits per heavy atom. The number of hydrogen-bond acceptors (Lipinski definition) is 2. The van der Waals surface area contributed by atoms with Gasteiger partial charge in [0.05, 0.1) is 0 Å². The molecule has 0 unspecified atom stereocenters. The first-order valence-corrected chi connectivity index (χ1v) is 9.11. The predicted octanol–water partition coefficient (Wildman–Crippen LogP) is 3.49. The quantitative estimate of drug-likeness (QED) is 0.866. The van der Waals surface area contributed by atoms with Gasteiger partial charge in [0.25, 0.3) is 5.91 Å². The highest BCUT2D eigenvalue weighted by Gasteiger charge is 2.25. The number of nitrogens with one attached hydrogen (secondary N) is 2. The van der Waals surface area contributed by atoms with Gasteiger partial charge in [0.15, 0.2) is 0 Å². The summed E-state index contributed by atoms with van der Waals surface area (Å²) < 4.78 is 0. The molecule has 3 rings (SSSR count). The van der Waals surface area contributed by atoms with Crippen molar-refractivity contribution in [3.63, 3.8) is 0 Å². The topological polar surface area (TPSA) is 61.4 Å². The summed E-state index contributed by atoms with van der Waals surface area (Å²) in [7, 11) is 0. The van der Waals surface area contributed by atoms with Gasteiger partial charge in [0.2, 0.25) is 0 Å². The molecule has 2 aromatic carbocycles. The van der Waals surface area contributed by atoms with Gasteiger partial charge in [-0.2, -0.15) is 0 Å². The number of amides is 3. The van der Waals surface area contributed by atoms with Crippen molar-refractivity contribution >= 4 is 17.6 Å². The first kappa shape index (κ1) is 18.0. The van der Waals surface area contributed by atoms with E-state index < -0.39 is 0 Å². The lowest BCUT2D eigenvalue weighted by Gasteiger charge is -2.18. The van der Waals surface area contributed by atoms with Crippen LogP contribution in [0, 0.1) is 0 Å². The normalized spacial score (nSPS) is 13.8. The molecule has 0 bridgehead atoms. The van der Waals surface area contributed by atoms with E-state index in [1.807, 2.05) is 61.2 Å². The molecule has 1 aliphatic rings. The fourth-order valence-electron chi connectivity index (χ4n) is 3.04. The number of nitrogens with zero attached hydrogens (tertiary/aromatic N) is 1. The molecule has 1 aliphatic heterocycles. The molecule has 0 radical (unpaired) electrons. The van der Waals surface area contributed by atoms with E-state index in [1.54, 1.807) is 0 Å². The fraction of sp³-hybridized carbons (Fsp3) is 0.333. The Bertz CT molecular complexity index is 789. The van der Waals surface area contributed by atoms with Gasteiger partial charge in [-0.15, -0.1) is 0 Å². The molecular weight excluding hydrogens is 326 g/mol. The van der Waals surface area contributed by atoms with E-state index >= 15 is 0 Å². The van der Waals surface area contributed by atoms with Gasteiger partial charge in [0, 0.05) is 30.4 Å². The third-order valence-corrected chi connectivity index (χ3v) is 4.75. The van der Waals surface area contributed by atoms with Crippen molar-refractivity contribution in [1.82, 2.24) is 10.6 Å². The van der Waals surface area contributed by atoms with Crippen molar-refractivity contribution in [2.45, 2.75) is 39.3 Å². The lowest BCUT2D eigenvalue weighted by molar-refractivity contribution is 0.0989. The monoisotopic (exact) mass is 351 g/mol. The summed E-state index contributed by atoms with van der Waals surface area (Å²) in [6.07, 6.45) is 1.75. The molecule has 0 saturated heterocycles. The summed E-state index contributed by atoms with van der Waals surface area (Å²) in [5.41, 5.74) is 3.79. The molecule has 26 heavy (non-hydrogen) atoms. The largest absolute Gasteiger partial charge is 0.336 e. The minimum Gasteiger partial charge on any atom is -0.336 e. The van der Waals surface area contributed by atoms with Gasteiger partial charge < -0.3 is 15.5 Å². The lowest BCUT2D eigenvalue weighted by Crippen LogP contribution is -2.40. The molecule has 5 heteroatoms. The maximum atomic E-state index is 12.8. The Morgan fingerprint density at radius 1 is 1.15 bits per heavy atom. The maximum absolute atomic E-state index is 12.8. The van der Waals surface area contributed by atoms with Gasteiger partial charge in [0.1, 0.15) is 0 Å². The summed E-state index contributed by atoms with van der Waals surface area (Å²) in [4.78, 5) is 26.5. The van der Waals surface area contributed by atoms with Crippen LogP contribution >= 0.6 is 0 Å². The standard InChI is InChI=1S/C21H25N3O2/c1-3-15(2)23-21(26)22-14-16-9-10-17-11-12-24(19(17)13-16)20(25)18-7-5-4-6-8-18/h4-10,13,15H,3,11-12,14H2,1-2H3,(H2,22,23,26)/t15-/m0/s1. The third kappa shape index (κ3) is 4.04. The summed E-state index contributed by atoms with van der Waals surface area (Å²) in [6.45, 7) is 5.13. The van der Waals surface area contributed by atoms with E-state index in [2.05, 4.69) is 16.7 Å². The van der Waals surface area contributed by atoms with Crippen LogP contribution in [0.15, 0.2) is 48.5 Å². The minimum atomic E-state index is -0.169. The highest BCUT2D eigenvalue weighted by atomic mass is 16.2. The smallest absolute Gasteiger partial charge is 0.315 e. The second-order valence-corrected chi connectivity index (χ2v) is 6.67. The number of anilines is 1. The predicted molar refractivity (Wildman–Crippen MR) is 103 cm³/mol. The van der Waals surface area contributed by atoms with Crippen LogP contribution < -0.4 is 15.5 Å². The third-order valence-electron chi connectivity index (χ3n) is 4.75. The van der Waals surface area contributed by atoms with E-state index in [0.29, 0.717) is 18.7 Å². The first-order valence-electron chi connectivity index (χ1n) is 9.11. The van der Waals surface area contributed by atoms with Crippen molar-refractivity contribution < 1.29 is 9.59 Å². The zero-order valence-electron chi connectivity index (χ0n) is 15.3. The molecule has 136 valence electrons. The van der Waals surface area contributed by atoms with Crippen molar-refractivity contribution in [1.29, 1.82) is 0 Å². The second-order valence-electron chi connectivity index (χ2n) is 6.67. The molecule has 0 aliphatic carbocycles. The average Bonchev–Trinajstić information content (AvgIpc) is 3.09. The van der Waals surface area contributed by atoms with Crippen LogP contribution in [0.4, 0.5) is 10.5 Å². The molecule has 0 aromatic heterocycles. The minimum absolute atomic E-state index is 0.0176. The Balaban J connectivity index is 1.69. The second kappa shape index (κ2) is 8.04. The molecule has 2 aromatic rings. The van der Waals surface area contributed by atoms with Crippen LogP contribution in [0.1, 0.15) is 41.8 Å². The van der Waals surface area contributed by atoms with Gasteiger partial charge in [-0.3, -0.25) is 4.79 Å². The molecule has 0 saturated carbocycles. The van der Waals surface area contributed by atoms with E-state index in [0.717, 1.165) is 24.1 Å². The first-order chi connectivity index (χ1) is 12.6. The van der Waals surface area contributed by atoms with Crippen LogP contribution in [-0.2, 0) is 13.0 Å². The molecule has 0 spiro atoms. The number of carbonyl (C=O) groups excluding carboxylic acids is 2. The number of hydrogen-bond donors (Lipinski definition) is 2. The van der Waals surface area contributed by atoms with Crippen molar-refractivity contribution in [3.05, 3.63) is 65.2 Å². The molecule has 1 heterocycles. The van der Waals surface area contributed by atoms with Gasteiger partial charge in [-0.05, 0) is 49.1 Å². The van der Waals surface area contributed by atoms with E-state index in [1.165, 1.54) is 5.56 Å². The van der Waals surface area contributed by atoms with Crippen molar-refractivity contribution in [3.8, 4) is 0 Å². The number of fused-ring (bicyclic) bond motifs is 1. The van der Waals surface area contributed by atoms with Gasteiger partial charge in [-0.1, -0.05) is 37.3 Å². The lowest BCUT2D eigenvalue weighted by atomic mass is 10.1. The number of carbonyl (C=O) groups is 2. The van der Waals surface area contributed by atoms with E-state index in [-0.39, 0.29) is 18.0 Å². The van der Waals surface area contributed by atoms with E-state index in [9.17, 15) is 9.59 Å². The molecule has 2 N–H and O–H groups in total. The molecule has 3 amide bonds. The number of urea groups is 1. The Hall–Kier alpha value is -2.82. The molecular formula is C21H25N3O2. The molecule has 5 nitrogen and oxygen atoms in total. The summed E-state index contributed by atoms with van der Waals surface area (Å²) in [6, 6.07) is 15.4. The molecule has 0 fully saturated rings. The summed E-state index contributed by atoms with van der Waals surface area (Å²) >= 11 is 0. The average molecular weight is 351 g/mol. The van der Waals surface area contributed by atoms with Gasteiger partial charge in [-0.25, -0.2) is 4.79 Å². The SMILES string of the molecule is CC[C@H](C)NC(=O)NCc1ccc2c(c1)N(C(=O)c1ccccc1)CC2. The van der Waals surface area contributed by atoms with Crippen LogP contribution in [0.5, 0.6) is 0 Å². The van der Waals surface area contributed by atoms with Crippen LogP contribution in [-0.4, -0.2) is 24.5 Å². The zero-order valence-corrected chi connectivity index (χ0v) is 15.3. The zero-order chi connectivity index (χ0) is 18.5. The van der Waals surface area contributed by atoms with Crippen LogP contribution in [0.3, 0.4) is 0 Å². The summed E-state index contributed by atoms with van der Waals surface area (Å²) in [5, 5.41) is 5.76. The van der Waals surface area contributed by atoms with Crippen molar-refractivity contribution in [2.24, 2.45) is 0 Å². The van der Waals surface area contributed by atoms with Crippen LogP contribution in [0.2, 0.25) is 0 Å². The number of benzene rings is 2. The van der Waals surface area contributed by atoms with Gasteiger partial charge >= 0.3 is 6.03 Å². The Morgan fingerprint density at radius 2 is 1.92 bits per heavy atom.